The molecule has 29 heavy (non-hydrogen) atoms. The van der Waals surface area contributed by atoms with Gasteiger partial charge in [-0.2, -0.15) is 13.2 Å². The number of esters is 1. The number of carbonyl (C=O) groups excluding carboxylic acids is 1. The molecule has 0 spiro atoms. The van der Waals surface area contributed by atoms with Gasteiger partial charge in [0.05, 0.1) is 27.3 Å². The van der Waals surface area contributed by atoms with Crippen molar-refractivity contribution >= 4 is 43.5 Å². The van der Waals surface area contributed by atoms with E-state index in [-0.39, 0.29) is 20.2 Å². The summed E-state index contributed by atoms with van der Waals surface area (Å²) in [5, 5.41) is 3.68. The number of carbonyl (C=O) groups is 1. The first-order chi connectivity index (χ1) is 13.5. The zero-order valence-corrected chi connectivity index (χ0v) is 18.2. The van der Waals surface area contributed by atoms with Gasteiger partial charge in [0, 0.05) is 12.0 Å². The van der Waals surface area contributed by atoms with Crippen molar-refractivity contribution in [3.8, 4) is 0 Å². The standard InChI is InChI=1S/C19H13Br2F4NO3/c1-9-5-10(3-4-12(9)17(27)28-2)15-8-18(29-26-15,19(23,24)25)11-6-13(20)16(22)14(21)7-11/h3-7H,8H2,1-2H3. The van der Waals surface area contributed by atoms with Crippen LogP contribution in [0.15, 0.2) is 44.4 Å². The Morgan fingerprint density at radius 2 is 1.83 bits per heavy atom. The van der Waals surface area contributed by atoms with E-state index in [1.54, 1.807) is 6.92 Å². The minimum absolute atomic E-state index is 0.0541. The third-order valence-corrected chi connectivity index (χ3v) is 5.76. The van der Waals surface area contributed by atoms with Crippen LogP contribution >= 0.6 is 31.9 Å². The minimum Gasteiger partial charge on any atom is -0.465 e. The van der Waals surface area contributed by atoms with Gasteiger partial charge in [-0.25, -0.2) is 9.18 Å². The maximum absolute atomic E-state index is 14.1. The molecular weight excluding hydrogens is 526 g/mol. The van der Waals surface area contributed by atoms with Crippen LogP contribution in [0.4, 0.5) is 17.6 Å². The molecule has 1 aliphatic rings. The van der Waals surface area contributed by atoms with Gasteiger partial charge in [0.2, 0.25) is 0 Å². The highest BCUT2D eigenvalue weighted by molar-refractivity contribution is 9.11. The van der Waals surface area contributed by atoms with Gasteiger partial charge >= 0.3 is 12.1 Å². The normalized spacial score (nSPS) is 19.0. The maximum Gasteiger partial charge on any atom is 0.435 e. The Morgan fingerprint density at radius 3 is 2.34 bits per heavy atom. The van der Waals surface area contributed by atoms with Crippen LogP contribution in [-0.4, -0.2) is 25.0 Å². The number of aryl methyl sites for hydroxylation is 1. The molecule has 0 N–H and O–H groups in total. The van der Waals surface area contributed by atoms with Crippen LogP contribution in [0, 0.1) is 12.7 Å². The number of hydrogen-bond acceptors (Lipinski definition) is 4. The molecule has 10 heteroatoms. The molecular formula is C19H13Br2F4NO3. The Morgan fingerprint density at radius 1 is 1.21 bits per heavy atom. The first kappa shape index (κ1) is 21.8. The largest absolute Gasteiger partial charge is 0.465 e. The Labute approximate surface area is 180 Å². The van der Waals surface area contributed by atoms with Crippen LogP contribution in [0.3, 0.4) is 0 Å². The van der Waals surface area contributed by atoms with Crippen molar-refractivity contribution in [1.29, 1.82) is 0 Å². The molecule has 2 aromatic rings. The van der Waals surface area contributed by atoms with E-state index >= 15 is 0 Å². The smallest absolute Gasteiger partial charge is 0.435 e. The molecule has 1 unspecified atom stereocenters. The van der Waals surface area contributed by atoms with Gasteiger partial charge in [-0.15, -0.1) is 0 Å². The molecule has 3 rings (SSSR count). The lowest BCUT2D eigenvalue weighted by Crippen LogP contribution is -2.42. The summed E-state index contributed by atoms with van der Waals surface area (Å²) in [6.07, 6.45) is -5.44. The van der Waals surface area contributed by atoms with Crippen molar-refractivity contribution in [3.63, 3.8) is 0 Å². The summed E-state index contributed by atoms with van der Waals surface area (Å²) < 4.78 is 60.4. The van der Waals surface area contributed by atoms with E-state index in [2.05, 4.69) is 41.8 Å². The number of ether oxygens (including phenoxy) is 1. The van der Waals surface area contributed by atoms with E-state index in [4.69, 9.17) is 4.84 Å². The summed E-state index contributed by atoms with van der Waals surface area (Å²) in [5.74, 6) is -1.27. The summed E-state index contributed by atoms with van der Waals surface area (Å²) in [5.41, 5.74) is -1.82. The van der Waals surface area contributed by atoms with E-state index in [9.17, 15) is 22.4 Å². The third kappa shape index (κ3) is 3.79. The Bertz CT molecular complexity index is 1000. The SMILES string of the molecule is COC(=O)c1ccc(C2=NOC(c3cc(Br)c(F)c(Br)c3)(C(F)(F)F)C2)cc1C. The predicted octanol–water partition coefficient (Wildman–Crippen LogP) is 6.03. The Kier molecular flexibility index (Phi) is 5.79. The van der Waals surface area contributed by atoms with E-state index in [0.29, 0.717) is 16.7 Å². The highest BCUT2D eigenvalue weighted by atomic mass is 79.9. The fraction of sp³-hybridized carbons (Fsp3) is 0.263. The number of benzene rings is 2. The van der Waals surface area contributed by atoms with Gasteiger partial charge < -0.3 is 9.57 Å². The van der Waals surface area contributed by atoms with Crippen molar-refractivity contribution < 1.29 is 31.9 Å². The summed E-state index contributed by atoms with van der Waals surface area (Å²) in [7, 11) is 1.24. The van der Waals surface area contributed by atoms with E-state index < -0.39 is 30.0 Å². The average molecular weight is 539 g/mol. The molecule has 154 valence electrons. The topological polar surface area (TPSA) is 47.9 Å². The number of methoxy groups -OCH3 is 1. The third-order valence-electron chi connectivity index (χ3n) is 4.60. The molecule has 4 nitrogen and oxygen atoms in total. The van der Waals surface area contributed by atoms with Crippen molar-refractivity contribution in [3.05, 3.63) is 67.3 Å². The Hall–Kier alpha value is -1.94. The van der Waals surface area contributed by atoms with Crippen molar-refractivity contribution in [2.45, 2.75) is 25.1 Å². The van der Waals surface area contributed by atoms with Crippen LogP contribution in [-0.2, 0) is 15.2 Å². The second-order valence-corrected chi connectivity index (χ2v) is 8.11. The summed E-state index contributed by atoms with van der Waals surface area (Å²) in [6, 6.07) is 6.52. The van der Waals surface area contributed by atoms with Crippen LogP contribution in [0.5, 0.6) is 0 Å². The summed E-state index contributed by atoms with van der Waals surface area (Å²) in [4.78, 5) is 16.7. The molecule has 0 amide bonds. The zero-order chi connectivity index (χ0) is 21.6. The van der Waals surface area contributed by atoms with Crippen LogP contribution in [0.2, 0.25) is 0 Å². The number of rotatable bonds is 3. The van der Waals surface area contributed by atoms with E-state index in [1.807, 2.05) is 0 Å². The fourth-order valence-corrected chi connectivity index (χ4v) is 4.22. The lowest BCUT2D eigenvalue weighted by atomic mass is 9.86. The molecule has 1 heterocycles. The van der Waals surface area contributed by atoms with Crippen molar-refractivity contribution in [2.75, 3.05) is 7.11 Å². The molecule has 0 bridgehead atoms. The molecule has 0 radical (unpaired) electrons. The molecule has 0 aromatic heterocycles. The molecule has 1 aliphatic heterocycles. The molecule has 2 aromatic carbocycles. The highest BCUT2D eigenvalue weighted by Gasteiger charge is 2.62. The second-order valence-electron chi connectivity index (χ2n) is 6.41. The van der Waals surface area contributed by atoms with Gasteiger partial charge in [0.1, 0.15) is 0 Å². The van der Waals surface area contributed by atoms with Gasteiger partial charge in [-0.05, 0) is 74.2 Å². The number of alkyl halides is 3. The van der Waals surface area contributed by atoms with Crippen LogP contribution < -0.4 is 0 Å². The molecule has 0 saturated heterocycles. The average Bonchev–Trinajstić information content (AvgIpc) is 3.12. The lowest BCUT2D eigenvalue weighted by molar-refractivity contribution is -0.275. The zero-order valence-electron chi connectivity index (χ0n) is 15.0. The monoisotopic (exact) mass is 537 g/mol. The van der Waals surface area contributed by atoms with Gasteiger partial charge in [-0.1, -0.05) is 11.2 Å². The van der Waals surface area contributed by atoms with Gasteiger partial charge in [-0.3, -0.25) is 0 Å². The fourth-order valence-electron chi connectivity index (χ4n) is 3.03. The quantitative estimate of drug-likeness (QED) is 0.272. The first-order valence-corrected chi connectivity index (χ1v) is 9.75. The van der Waals surface area contributed by atoms with Crippen molar-refractivity contribution in [2.24, 2.45) is 5.16 Å². The van der Waals surface area contributed by atoms with E-state index in [0.717, 1.165) is 12.1 Å². The van der Waals surface area contributed by atoms with E-state index in [1.165, 1.54) is 25.3 Å². The van der Waals surface area contributed by atoms with Crippen LogP contribution in [0.1, 0.15) is 33.5 Å². The van der Waals surface area contributed by atoms with Crippen molar-refractivity contribution in [1.82, 2.24) is 0 Å². The minimum atomic E-state index is -4.82. The number of halogens is 6. The maximum atomic E-state index is 14.1. The molecule has 0 fully saturated rings. The summed E-state index contributed by atoms with van der Waals surface area (Å²) >= 11 is 5.85. The second kappa shape index (κ2) is 7.71. The van der Waals surface area contributed by atoms with Gasteiger partial charge in [0.25, 0.3) is 5.60 Å². The molecule has 1 atom stereocenters. The number of hydrogen-bond donors (Lipinski definition) is 0. The Balaban J connectivity index is 2.02. The number of nitrogens with zero attached hydrogens (tertiary/aromatic N) is 1. The van der Waals surface area contributed by atoms with Gasteiger partial charge in [0.15, 0.2) is 5.82 Å². The molecule has 0 saturated carbocycles. The lowest BCUT2D eigenvalue weighted by Gasteiger charge is -2.30. The number of oxime groups is 1. The molecule has 0 aliphatic carbocycles. The van der Waals surface area contributed by atoms with Crippen LogP contribution in [0.25, 0.3) is 0 Å². The predicted molar refractivity (Wildman–Crippen MR) is 104 cm³/mol. The highest BCUT2D eigenvalue weighted by Crippen LogP contribution is 2.50. The summed E-state index contributed by atoms with van der Waals surface area (Å²) in [6.45, 7) is 1.64. The first-order valence-electron chi connectivity index (χ1n) is 8.16.